The van der Waals surface area contributed by atoms with Gasteiger partial charge in [0.2, 0.25) is 0 Å². The Morgan fingerprint density at radius 3 is 2.87 bits per heavy atom. The zero-order valence-corrected chi connectivity index (χ0v) is 21.2. The predicted octanol–water partition coefficient (Wildman–Crippen LogP) is 2.08. The van der Waals surface area contributed by atoms with Crippen molar-refractivity contribution < 1.29 is 4.74 Å². The lowest BCUT2D eigenvalue weighted by Gasteiger charge is -2.33. The summed E-state index contributed by atoms with van der Waals surface area (Å²) in [5, 5.41) is 15.6. The lowest BCUT2D eigenvalue weighted by Crippen LogP contribution is -2.46. The van der Waals surface area contributed by atoms with Gasteiger partial charge in [0.15, 0.2) is 5.96 Å². The molecule has 2 N–H and O–H groups in total. The highest BCUT2D eigenvalue weighted by molar-refractivity contribution is 14.0. The number of guanidine groups is 1. The third kappa shape index (κ3) is 7.96. The summed E-state index contributed by atoms with van der Waals surface area (Å²) in [6.45, 7) is 13.9. The molecule has 8 nitrogen and oxygen atoms in total. The topological polar surface area (TPSA) is 79.6 Å². The molecular weight excluding hydrogens is 493 g/mol. The molecule has 1 unspecified atom stereocenters. The van der Waals surface area contributed by atoms with E-state index in [2.05, 4.69) is 51.1 Å². The normalized spacial score (nSPS) is 20.4. The molecule has 3 rings (SSSR count). The fraction of sp³-hybridized carbons (Fsp3) is 0.857. The molecule has 9 heteroatoms. The molecule has 0 saturated carbocycles. The second-order valence-electron chi connectivity index (χ2n) is 8.54. The van der Waals surface area contributed by atoms with E-state index in [-0.39, 0.29) is 30.1 Å². The smallest absolute Gasteiger partial charge is 0.191 e. The number of aryl methyl sites for hydroxylation is 1. The van der Waals surface area contributed by atoms with E-state index in [0.717, 1.165) is 76.3 Å². The number of fused-ring (bicyclic) bond motifs is 1. The van der Waals surface area contributed by atoms with Gasteiger partial charge in [0.25, 0.3) is 0 Å². The molecule has 1 saturated heterocycles. The van der Waals surface area contributed by atoms with Crippen LogP contribution >= 0.6 is 24.0 Å². The van der Waals surface area contributed by atoms with Crippen molar-refractivity contribution in [1.82, 2.24) is 30.3 Å². The van der Waals surface area contributed by atoms with Crippen LogP contribution in [-0.2, 0) is 24.1 Å². The van der Waals surface area contributed by atoms with Crippen LogP contribution in [0.1, 0.15) is 51.7 Å². The first-order chi connectivity index (χ1) is 14.2. The second-order valence-corrected chi connectivity index (χ2v) is 8.54. The molecular formula is C21H40IN7O. The van der Waals surface area contributed by atoms with Crippen LogP contribution in [0, 0.1) is 5.92 Å². The largest absolute Gasteiger partial charge is 0.374 e. The number of rotatable bonds is 8. The second kappa shape index (κ2) is 13.5. The van der Waals surface area contributed by atoms with Crippen molar-refractivity contribution in [2.24, 2.45) is 10.9 Å². The van der Waals surface area contributed by atoms with Gasteiger partial charge in [-0.05, 0) is 25.7 Å². The Balaban J connectivity index is 0.00000320. The molecule has 0 spiro atoms. The number of halogens is 1. The summed E-state index contributed by atoms with van der Waals surface area (Å²) < 4.78 is 8.25. The summed E-state index contributed by atoms with van der Waals surface area (Å²) in [6, 6.07) is 0. The molecule has 1 aromatic heterocycles. The van der Waals surface area contributed by atoms with E-state index < -0.39 is 0 Å². The van der Waals surface area contributed by atoms with Gasteiger partial charge in [0.1, 0.15) is 11.6 Å². The van der Waals surface area contributed by atoms with E-state index in [1.165, 1.54) is 19.3 Å². The Bertz CT molecular complexity index is 649. The average Bonchev–Trinajstić information content (AvgIpc) is 2.92. The molecule has 0 aliphatic carbocycles. The third-order valence-corrected chi connectivity index (χ3v) is 5.47. The van der Waals surface area contributed by atoms with Crippen LogP contribution in [0.5, 0.6) is 0 Å². The van der Waals surface area contributed by atoms with Crippen LogP contribution in [0.3, 0.4) is 0 Å². The third-order valence-electron chi connectivity index (χ3n) is 5.47. The highest BCUT2D eigenvalue weighted by atomic mass is 127. The van der Waals surface area contributed by atoms with Crippen LogP contribution in [0.25, 0.3) is 0 Å². The van der Waals surface area contributed by atoms with Crippen LogP contribution in [0.15, 0.2) is 4.99 Å². The van der Waals surface area contributed by atoms with E-state index in [0.29, 0.717) is 12.5 Å². The fourth-order valence-corrected chi connectivity index (χ4v) is 4.13. The number of hydrogen-bond acceptors (Lipinski definition) is 5. The van der Waals surface area contributed by atoms with Gasteiger partial charge in [0, 0.05) is 52.1 Å². The minimum absolute atomic E-state index is 0. The minimum Gasteiger partial charge on any atom is -0.374 e. The van der Waals surface area contributed by atoms with Gasteiger partial charge in [-0.3, -0.25) is 9.89 Å². The average molecular weight is 534 g/mol. The monoisotopic (exact) mass is 533 g/mol. The highest BCUT2D eigenvalue weighted by Gasteiger charge is 2.21. The predicted molar refractivity (Wildman–Crippen MR) is 132 cm³/mol. The number of aliphatic imine (C=N–C) groups is 1. The first-order valence-electron chi connectivity index (χ1n) is 11.4. The molecule has 1 aromatic rings. The Morgan fingerprint density at radius 2 is 2.07 bits per heavy atom. The number of morpholine rings is 1. The maximum absolute atomic E-state index is 5.93. The van der Waals surface area contributed by atoms with Gasteiger partial charge < -0.3 is 19.9 Å². The van der Waals surface area contributed by atoms with Gasteiger partial charge in [-0.15, -0.1) is 34.2 Å². The quantitative estimate of drug-likeness (QED) is 0.303. The maximum Gasteiger partial charge on any atom is 0.191 e. The molecule has 0 amide bonds. The molecule has 172 valence electrons. The number of ether oxygens (including phenoxy) is 1. The minimum atomic E-state index is 0. The molecule has 3 heterocycles. The summed E-state index contributed by atoms with van der Waals surface area (Å²) in [4.78, 5) is 7.26. The Kier molecular flexibility index (Phi) is 11.4. The number of nitrogens with zero attached hydrogens (tertiary/aromatic N) is 5. The summed E-state index contributed by atoms with van der Waals surface area (Å²) >= 11 is 0. The lowest BCUT2D eigenvalue weighted by atomic mass is 10.2. The van der Waals surface area contributed by atoms with E-state index >= 15 is 0 Å². The number of aromatic nitrogens is 3. The Hall–Kier alpha value is -0.940. The summed E-state index contributed by atoms with van der Waals surface area (Å²) in [6.07, 6.45) is 5.83. The maximum atomic E-state index is 5.93. The van der Waals surface area contributed by atoms with Crippen LogP contribution < -0.4 is 10.6 Å². The van der Waals surface area contributed by atoms with Crippen molar-refractivity contribution in [2.45, 2.75) is 65.5 Å². The first kappa shape index (κ1) is 25.3. The van der Waals surface area contributed by atoms with Gasteiger partial charge in [-0.25, -0.2) is 0 Å². The zero-order chi connectivity index (χ0) is 20.5. The molecule has 0 radical (unpaired) electrons. The van der Waals surface area contributed by atoms with E-state index in [1.807, 2.05) is 0 Å². The molecule has 1 atom stereocenters. The van der Waals surface area contributed by atoms with Gasteiger partial charge in [-0.2, -0.15) is 0 Å². The van der Waals surface area contributed by atoms with Crippen LogP contribution in [-0.4, -0.2) is 77.6 Å². The van der Waals surface area contributed by atoms with Crippen LogP contribution in [0.4, 0.5) is 0 Å². The Morgan fingerprint density at radius 1 is 1.20 bits per heavy atom. The summed E-state index contributed by atoms with van der Waals surface area (Å²) in [7, 11) is 0. The van der Waals surface area contributed by atoms with E-state index in [1.54, 1.807) is 0 Å². The lowest BCUT2D eigenvalue weighted by molar-refractivity contribution is -0.0261. The van der Waals surface area contributed by atoms with Gasteiger partial charge in [0.05, 0.1) is 19.3 Å². The van der Waals surface area contributed by atoms with Crippen molar-refractivity contribution >= 4 is 29.9 Å². The van der Waals surface area contributed by atoms with Crippen molar-refractivity contribution in [2.75, 3.05) is 45.9 Å². The molecule has 30 heavy (non-hydrogen) atoms. The van der Waals surface area contributed by atoms with Gasteiger partial charge in [-0.1, -0.05) is 20.3 Å². The zero-order valence-electron chi connectivity index (χ0n) is 18.9. The summed E-state index contributed by atoms with van der Waals surface area (Å²) in [5.74, 6) is 3.78. The van der Waals surface area contributed by atoms with E-state index in [9.17, 15) is 0 Å². The molecule has 0 aromatic carbocycles. The van der Waals surface area contributed by atoms with E-state index in [4.69, 9.17) is 9.73 Å². The van der Waals surface area contributed by atoms with Crippen molar-refractivity contribution in [3.05, 3.63) is 11.6 Å². The number of hydrogen-bond donors (Lipinski definition) is 2. The highest BCUT2D eigenvalue weighted by Crippen LogP contribution is 2.14. The van der Waals surface area contributed by atoms with Crippen molar-refractivity contribution in [1.29, 1.82) is 0 Å². The molecule has 1 fully saturated rings. The van der Waals surface area contributed by atoms with Gasteiger partial charge >= 0.3 is 0 Å². The first-order valence-corrected chi connectivity index (χ1v) is 11.4. The van der Waals surface area contributed by atoms with Crippen molar-refractivity contribution in [3.8, 4) is 0 Å². The fourth-order valence-electron chi connectivity index (χ4n) is 4.13. The molecule has 2 aliphatic heterocycles. The Labute approximate surface area is 198 Å². The number of nitrogens with one attached hydrogen (secondary N) is 2. The SMILES string of the molecule is CCNC(=NCC1CN(CC(C)C)CCO1)NCCc1nnc2n1CCCCC2.I. The summed E-state index contributed by atoms with van der Waals surface area (Å²) in [5.41, 5.74) is 0. The standard InChI is InChI=1S/C21H39N7O.HI/c1-4-22-21(24-14-18-16-27(12-13-29-18)15-17(2)3)23-10-9-20-26-25-19-8-6-5-7-11-28(19)20;/h17-18H,4-16H2,1-3H3,(H2,22,23,24);1H. The van der Waals surface area contributed by atoms with Crippen molar-refractivity contribution in [3.63, 3.8) is 0 Å². The molecule has 0 bridgehead atoms. The van der Waals surface area contributed by atoms with Crippen LogP contribution in [0.2, 0.25) is 0 Å². The molecule has 2 aliphatic rings.